The summed E-state index contributed by atoms with van der Waals surface area (Å²) in [6.07, 6.45) is 0. The number of carbonyl (C=O) groups excluding carboxylic acids is 1. The Morgan fingerprint density at radius 3 is 2.48 bits per heavy atom. The lowest BCUT2D eigenvalue weighted by molar-refractivity contribution is 0.0694. The summed E-state index contributed by atoms with van der Waals surface area (Å²) in [5.41, 5.74) is 1.97. The molecule has 2 aromatic rings. The molecule has 2 amide bonds. The number of aromatic hydroxyl groups is 1. The maximum Gasteiger partial charge on any atom is 0.339 e. The predicted octanol–water partition coefficient (Wildman–Crippen LogP) is 2.07. The fraction of sp³-hybridized carbons (Fsp3) is 0.154. The number of aromatic amines is 1. The Balaban J connectivity index is 2.10. The number of hydrogen-bond donors (Lipinski definition) is 5. The van der Waals surface area contributed by atoms with Crippen molar-refractivity contribution in [3.63, 3.8) is 0 Å². The molecule has 21 heavy (non-hydrogen) atoms. The normalized spacial score (nSPS) is 10.2. The molecule has 8 heteroatoms. The molecule has 1 aromatic carbocycles. The molecular weight excluding hydrogens is 276 g/mol. The number of nitrogens with zero attached hydrogens (tertiary/aromatic N) is 1. The monoisotopic (exact) mass is 290 g/mol. The van der Waals surface area contributed by atoms with Crippen LogP contribution in [0.2, 0.25) is 0 Å². The van der Waals surface area contributed by atoms with E-state index in [1.165, 1.54) is 12.1 Å². The van der Waals surface area contributed by atoms with Gasteiger partial charge in [-0.1, -0.05) is 0 Å². The van der Waals surface area contributed by atoms with Crippen molar-refractivity contribution in [2.24, 2.45) is 0 Å². The molecule has 0 aliphatic heterocycles. The summed E-state index contributed by atoms with van der Waals surface area (Å²) in [5.74, 6) is -1.66. The van der Waals surface area contributed by atoms with Crippen LogP contribution in [0.5, 0.6) is 5.75 Å². The largest absolute Gasteiger partial charge is 0.507 e. The lowest BCUT2D eigenvalue weighted by Gasteiger charge is -2.09. The number of amides is 2. The third-order valence-corrected chi connectivity index (χ3v) is 2.85. The van der Waals surface area contributed by atoms with Crippen molar-refractivity contribution >= 4 is 23.4 Å². The Hall–Kier alpha value is -3.03. The first-order valence-electron chi connectivity index (χ1n) is 6.04. The summed E-state index contributed by atoms with van der Waals surface area (Å²) in [6.45, 7) is 3.51. The molecule has 8 nitrogen and oxygen atoms in total. The Bertz CT molecular complexity index is 689. The number of H-pyrrole nitrogens is 1. The van der Waals surface area contributed by atoms with Gasteiger partial charge in [-0.2, -0.15) is 5.10 Å². The Morgan fingerprint density at radius 2 is 1.95 bits per heavy atom. The highest BCUT2D eigenvalue weighted by atomic mass is 16.4. The fourth-order valence-corrected chi connectivity index (χ4v) is 1.80. The lowest BCUT2D eigenvalue weighted by atomic mass is 10.2. The summed E-state index contributed by atoms with van der Waals surface area (Å²) >= 11 is 0. The van der Waals surface area contributed by atoms with Gasteiger partial charge in [0.2, 0.25) is 0 Å². The number of hydrogen-bond acceptors (Lipinski definition) is 4. The molecule has 0 aliphatic carbocycles. The molecule has 2 rings (SSSR count). The van der Waals surface area contributed by atoms with Crippen molar-refractivity contribution in [3.8, 4) is 5.75 Å². The van der Waals surface area contributed by atoms with Crippen LogP contribution < -0.4 is 10.6 Å². The Morgan fingerprint density at radius 1 is 1.24 bits per heavy atom. The third kappa shape index (κ3) is 3.11. The molecule has 0 bridgehead atoms. The van der Waals surface area contributed by atoms with Crippen LogP contribution in [0, 0.1) is 13.8 Å². The molecule has 1 heterocycles. The van der Waals surface area contributed by atoms with Gasteiger partial charge in [-0.05, 0) is 26.0 Å². The van der Waals surface area contributed by atoms with Gasteiger partial charge < -0.3 is 20.8 Å². The fourth-order valence-electron chi connectivity index (χ4n) is 1.80. The first-order valence-corrected chi connectivity index (χ1v) is 6.04. The second kappa shape index (κ2) is 5.53. The van der Waals surface area contributed by atoms with Gasteiger partial charge in [0.05, 0.1) is 17.1 Å². The topological polar surface area (TPSA) is 127 Å². The number of aryl methyl sites for hydroxylation is 2. The zero-order valence-corrected chi connectivity index (χ0v) is 11.4. The average molecular weight is 290 g/mol. The molecule has 0 aliphatic rings. The predicted molar refractivity (Wildman–Crippen MR) is 75.8 cm³/mol. The molecule has 5 N–H and O–H groups in total. The van der Waals surface area contributed by atoms with Crippen LogP contribution in [-0.2, 0) is 0 Å². The third-order valence-electron chi connectivity index (χ3n) is 2.85. The van der Waals surface area contributed by atoms with Gasteiger partial charge in [0.1, 0.15) is 11.3 Å². The van der Waals surface area contributed by atoms with E-state index in [2.05, 4.69) is 20.8 Å². The number of anilines is 2. The number of carbonyl (C=O) groups is 2. The van der Waals surface area contributed by atoms with Gasteiger partial charge in [-0.25, -0.2) is 9.59 Å². The minimum absolute atomic E-state index is 0.234. The van der Waals surface area contributed by atoms with Crippen molar-refractivity contribution in [3.05, 3.63) is 35.2 Å². The quantitative estimate of drug-likeness (QED) is 0.591. The average Bonchev–Trinajstić information content (AvgIpc) is 2.70. The van der Waals surface area contributed by atoms with Crippen LogP contribution in [0.15, 0.2) is 18.2 Å². The van der Waals surface area contributed by atoms with E-state index < -0.39 is 17.7 Å². The minimum Gasteiger partial charge on any atom is -0.507 e. The SMILES string of the molecule is Cc1n[nH]c(C)c1NC(=O)Nc1ccc(C(=O)O)c(O)c1. The summed E-state index contributed by atoms with van der Waals surface area (Å²) < 4.78 is 0. The van der Waals surface area contributed by atoms with Crippen LogP contribution in [0.25, 0.3) is 0 Å². The molecule has 0 atom stereocenters. The molecule has 0 fully saturated rings. The summed E-state index contributed by atoms with van der Waals surface area (Å²) in [6, 6.07) is 3.24. The number of benzene rings is 1. The summed E-state index contributed by atoms with van der Waals surface area (Å²) in [7, 11) is 0. The van der Waals surface area contributed by atoms with Crippen molar-refractivity contribution < 1.29 is 19.8 Å². The molecular formula is C13H14N4O4. The highest BCUT2D eigenvalue weighted by Gasteiger charge is 2.13. The number of rotatable bonds is 3. The minimum atomic E-state index is -1.24. The summed E-state index contributed by atoms with van der Waals surface area (Å²) in [4.78, 5) is 22.6. The van der Waals surface area contributed by atoms with E-state index in [0.29, 0.717) is 17.1 Å². The van der Waals surface area contributed by atoms with Gasteiger partial charge >= 0.3 is 12.0 Å². The molecule has 0 saturated heterocycles. The second-order valence-corrected chi connectivity index (χ2v) is 4.43. The zero-order valence-electron chi connectivity index (χ0n) is 11.4. The van der Waals surface area contributed by atoms with Crippen LogP contribution >= 0.6 is 0 Å². The molecule has 0 unspecified atom stereocenters. The van der Waals surface area contributed by atoms with E-state index in [1.807, 2.05) is 0 Å². The van der Waals surface area contributed by atoms with Gasteiger partial charge in [-0.15, -0.1) is 0 Å². The number of nitrogens with one attached hydrogen (secondary N) is 3. The number of phenols is 1. The highest BCUT2D eigenvalue weighted by molar-refractivity contribution is 6.01. The van der Waals surface area contributed by atoms with Crippen molar-refractivity contribution in [2.45, 2.75) is 13.8 Å². The first kappa shape index (κ1) is 14.4. The van der Waals surface area contributed by atoms with E-state index in [0.717, 1.165) is 6.07 Å². The van der Waals surface area contributed by atoms with Crippen molar-refractivity contribution in [2.75, 3.05) is 10.6 Å². The first-order chi connectivity index (χ1) is 9.88. The van der Waals surface area contributed by atoms with Crippen molar-refractivity contribution in [1.29, 1.82) is 0 Å². The van der Waals surface area contributed by atoms with Crippen LogP contribution in [0.1, 0.15) is 21.7 Å². The van der Waals surface area contributed by atoms with Crippen molar-refractivity contribution in [1.82, 2.24) is 10.2 Å². The molecule has 110 valence electrons. The van der Waals surface area contributed by atoms with E-state index in [4.69, 9.17) is 5.11 Å². The van der Waals surface area contributed by atoms with E-state index in [1.54, 1.807) is 13.8 Å². The Labute approximate surface area is 119 Å². The van der Waals surface area contributed by atoms with E-state index in [9.17, 15) is 14.7 Å². The number of carboxylic acid groups (broad SMARTS) is 1. The molecule has 0 spiro atoms. The number of carboxylic acids is 1. The molecule has 1 aromatic heterocycles. The van der Waals surface area contributed by atoms with Crippen LogP contribution in [-0.4, -0.2) is 32.4 Å². The van der Waals surface area contributed by atoms with E-state index >= 15 is 0 Å². The lowest BCUT2D eigenvalue weighted by Crippen LogP contribution is -2.20. The highest BCUT2D eigenvalue weighted by Crippen LogP contribution is 2.22. The second-order valence-electron chi connectivity index (χ2n) is 4.43. The summed E-state index contributed by atoms with van der Waals surface area (Å²) in [5, 5.41) is 30.2. The zero-order chi connectivity index (χ0) is 15.6. The van der Waals surface area contributed by atoms with Crippen LogP contribution in [0.4, 0.5) is 16.2 Å². The number of aromatic carboxylic acids is 1. The molecule has 0 radical (unpaired) electrons. The molecule has 0 saturated carbocycles. The van der Waals surface area contributed by atoms with Gasteiger partial charge in [-0.3, -0.25) is 5.10 Å². The van der Waals surface area contributed by atoms with Gasteiger partial charge in [0, 0.05) is 11.8 Å². The standard InChI is InChI=1S/C13H14N4O4/c1-6-11(7(2)17-16-6)15-13(21)14-8-3-4-9(12(19)20)10(18)5-8/h3-5,18H,1-2H3,(H,16,17)(H,19,20)(H2,14,15,21). The smallest absolute Gasteiger partial charge is 0.339 e. The van der Waals surface area contributed by atoms with Crippen LogP contribution in [0.3, 0.4) is 0 Å². The Kier molecular flexibility index (Phi) is 3.79. The van der Waals surface area contributed by atoms with E-state index in [-0.39, 0.29) is 11.3 Å². The maximum atomic E-state index is 11.9. The van der Waals surface area contributed by atoms with Gasteiger partial charge in [0.15, 0.2) is 0 Å². The van der Waals surface area contributed by atoms with Gasteiger partial charge in [0.25, 0.3) is 0 Å². The number of aromatic nitrogens is 2. The number of urea groups is 1. The maximum absolute atomic E-state index is 11.9.